The first-order valence-electron chi connectivity index (χ1n) is 29.2. The topological polar surface area (TPSA) is 100 Å². The molecule has 12 aromatic carbocycles. The van der Waals surface area contributed by atoms with E-state index in [1.165, 1.54) is 47.4 Å². The highest BCUT2D eigenvalue weighted by Gasteiger charge is 2.21. The van der Waals surface area contributed by atoms with E-state index in [0.717, 1.165) is 83.1 Å². The van der Waals surface area contributed by atoms with Gasteiger partial charge < -0.3 is 13.6 Å². The van der Waals surface area contributed by atoms with Crippen molar-refractivity contribution in [1.82, 2.24) is 39.0 Å². The summed E-state index contributed by atoms with van der Waals surface area (Å²) in [4.78, 5) is 29.7. The maximum Gasteiger partial charge on any atom is 0.164 e. The minimum absolute atomic E-state index is 0.628. The number of hydrogen-bond acceptors (Lipinski definition) is 8. The molecule has 6 aromatic heterocycles. The average molecular weight is 1150 g/mol. The van der Waals surface area contributed by atoms with Gasteiger partial charge in [-0.25, -0.2) is 29.9 Å². The summed E-state index contributed by atoms with van der Waals surface area (Å²) in [5, 5.41) is 9.62. The first-order chi connectivity index (χ1) is 43.6. The highest BCUT2D eigenvalue weighted by molar-refractivity contribution is 7.25. The molecule has 18 aromatic rings. The van der Waals surface area contributed by atoms with Crippen molar-refractivity contribution >= 4 is 97.1 Å². The molecule has 6 heterocycles. The van der Waals surface area contributed by atoms with Gasteiger partial charge in [0.05, 0.1) is 22.1 Å². The largest absolute Gasteiger partial charge is 0.456 e. The minimum atomic E-state index is 0.628. The van der Waals surface area contributed by atoms with Crippen LogP contribution in [0.4, 0.5) is 0 Å². The van der Waals surface area contributed by atoms with Crippen LogP contribution in [0.3, 0.4) is 0 Å². The zero-order valence-corrected chi connectivity index (χ0v) is 47.9. The van der Waals surface area contributed by atoms with Crippen molar-refractivity contribution < 1.29 is 4.42 Å². The lowest BCUT2D eigenvalue weighted by atomic mass is 10.1. The number of furan rings is 1. The molecule has 412 valence electrons. The molecule has 88 heavy (non-hydrogen) atoms. The van der Waals surface area contributed by atoms with Crippen LogP contribution in [0.15, 0.2) is 296 Å². The van der Waals surface area contributed by atoms with Crippen molar-refractivity contribution in [1.29, 1.82) is 0 Å². The van der Waals surface area contributed by atoms with Crippen molar-refractivity contribution in [2.24, 2.45) is 0 Å². The number of rotatable bonds is 8. The normalized spacial score (nSPS) is 11.6. The molecule has 0 unspecified atom stereocenters. The SMILES string of the molecule is c1ccc(-c2nc(-c3ccccc3)nc(-c3cccc(-n4c5ccccc5c5cc6oc7ccccc7c6cc54)c3)n2)cc1.c1ccc(-c2nc(-c3ccccc3)nc(-c3cccc(-n4c5ccccc5c5cc6sc7ccccc7c6cc54)c3)n2)cc1. The van der Waals surface area contributed by atoms with Gasteiger partial charge in [-0.15, -0.1) is 11.3 Å². The summed E-state index contributed by atoms with van der Waals surface area (Å²) in [7, 11) is 0. The molecule has 0 fully saturated rings. The van der Waals surface area contributed by atoms with Crippen LogP contribution in [0.2, 0.25) is 0 Å². The van der Waals surface area contributed by atoms with E-state index < -0.39 is 0 Å². The second-order valence-electron chi connectivity index (χ2n) is 21.8. The fourth-order valence-corrected chi connectivity index (χ4v) is 13.5. The number of thiophene rings is 1. The van der Waals surface area contributed by atoms with E-state index in [9.17, 15) is 0 Å². The summed E-state index contributed by atoms with van der Waals surface area (Å²) in [6.45, 7) is 0. The van der Waals surface area contributed by atoms with Gasteiger partial charge in [0.15, 0.2) is 34.9 Å². The maximum atomic E-state index is 6.26. The van der Waals surface area contributed by atoms with Crippen LogP contribution in [-0.4, -0.2) is 39.0 Å². The van der Waals surface area contributed by atoms with E-state index in [-0.39, 0.29) is 0 Å². The van der Waals surface area contributed by atoms with Crippen LogP contribution in [-0.2, 0) is 0 Å². The van der Waals surface area contributed by atoms with E-state index in [0.29, 0.717) is 34.9 Å². The third kappa shape index (κ3) is 8.85. The number of aromatic nitrogens is 8. The molecule has 0 saturated carbocycles. The lowest BCUT2D eigenvalue weighted by Crippen LogP contribution is -2.01. The van der Waals surface area contributed by atoms with Crippen molar-refractivity contribution in [3.05, 3.63) is 291 Å². The molecule has 18 rings (SSSR count). The summed E-state index contributed by atoms with van der Waals surface area (Å²) in [5.74, 6) is 3.87. The van der Waals surface area contributed by atoms with Gasteiger partial charge in [-0.2, -0.15) is 0 Å². The Balaban J connectivity index is 0.000000137. The van der Waals surface area contributed by atoms with E-state index in [2.05, 4.69) is 167 Å². The van der Waals surface area contributed by atoms with Crippen LogP contribution in [0.1, 0.15) is 0 Å². The van der Waals surface area contributed by atoms with E-state index in [1.807, 2.05) is 145 Å². The van der Waals surface area contributed by atoms with Gasteiger partial charge in [0, 0.05) is 97.2 Å². The Hall–Kier alpha value is -11.7. The van der Waals surface area contributed by atoms with Crippen molar-refractivity contribution in [2.75, 3.05) is 0 Å². The zero-order valence-electron chi connectivity index (χ0n) is 47.1. The van der Waals surface area contributed by atoms with Gasteiger partial charge in [-0.05, 0) is 72.8 Å². The smallest absolute Gasteiger partial charge is 0.164 e. The molecule has 0 spiro atoms. The number of hydrogen-bond donors (Lipinski definition) is 0. The fraction of sp³-hybridized carbons (Fsp3) is 0. The highest BCUT2D eigenvalue weighted by atomic mass is 32.1. The lowest BCUT2D eigenvalue weighted by Gasteiger charge is -2.11. The number of para-hydroxylation sites is 3. The molecule has 10 heteroatoms. The number of fused-ring (bicyclic) bond motifs is 12. The van der Waals surface area contributed by atoms with Gasteiger partial charge in [-0.1, -0.05) is 218 Å². The Kier molecular flexibility index (Phi) is 12.2. The quantitative estimate of drug-likeness (QED) is 0.149. The Morgan fingerprint density at radius 1 is 0.227 bits per heavy atom. The molecular formula is C78H48N8OS. The molecule has 0 bridgehead atoms. The summed E-state index contributed by atoms with van der Waals surface area (Å²) in [5.41, 5.74) is 14.1. The van der Waals surface area contributed by atoms with Crippen LogP contribution in [0.5, 0.6) is 0 Å². The van der Waals surface area contributed by atoms with Gasteiger partial charge in [0.2, 0.25) is 0 Å². The molecule has 0 aliphatic heterocycles. The molecule has 0 N–H and O–H groups in total. The molecule has 0 aliphatic carbocycles. The second-order valence-corrected chi connectivity index (χ2v) is 22.9. The van der Waals surface area contributed by atoms with Crippen LogP contribution >= 0.6 is 11.3 Å². The summed E-state index contributed by atoms with van der Waals surface area (Å²) >= 11 is 1.86. The van der Waals surface area contributed by atoms with Gasteiger partial charge in [0.1, 0.15) is 11.2 Å². The van der Waals surface area contributed by atoms with Gasteiger partial charge >= 0.3 is 0 Å². The van der Waals surface area contributed by atoms with Crippen molar-refractivity contribution in [3.8, 4) is 79.7 Å². The molecule has 9 nitrogen and oxygen atoms in total. The Morgan fingerprint density at radius 2 is 0.602 bits per heavy atom. The van der Waals surface area contributed by atoms with E-state index >= 15 is 0 Å². The first-order valence-corrected chi connectivity index (χ1v) is 30.1. The minimum Gasteiger partial charge on any atom is -0.456 e. The molecule has 0 aliphatic rings. The third-order valence-corrected chi connectivity index (χ3v) is 17.6. The summed E-state index contributed by atoms with van der Waals surface area (Å²) in [6, 6.07) is 101. The molecular weight excluding hydrogens is 1100 g/mol. The Bertz CT molecular complexity index is 5230. The standard InChI is InChI=1S/C39H24N4O.C39H24N4S/c2*1-3-12-25(13-4-1)37-40-38(26-14-5-2-6-15-26)42-39(41-37)27-16-11-17-28(22-27)43-33-20-9-7-18-29(33)31-24-36-32(23-34(31)43)30-19-8-10-21-35(30)44-36/h2*1-24H. The van der Waals surface area contributed by atoms with Crippen LogP contribution in [0.25, 0.3) is 165 Å². The monoisotopic (exact) mass is 1140 g/mol. The highest BCUT2D eigenvalue weighted by Crippen LogP contribution is 2.42. The fourth-order valence-electron chi connectivity index (χ4n) is 12.4. The van der Waals surface area contributed by atoms with Gasteiger partial charge in [-0.3, -0.25) is 0 Å². The average Bonchev–Trinajstić information content (AvgIpc) is 2.18. The lowest BCUT2D eigenvalue weighted by molar-refractivity contribution is 0.669. The van der Waals surface area contributed by atoms with Crippen LogP contribution < -0.4 is 0 Å². The molecule has 0 radical (unpaired) electrons. The third-order valence-electron chi connectivity index (χ3n) is 16.5. The van der Waals surface area contributed by atoms with E-state index in [4.69, 9.17) is 34.3 Å². The summed E-state index contributed by atoms with van der Waals surface area (Å²) in [6.07, 6.45) is 0. The van der Waals surface area contributed by atoms with Crippen LogP contribution in [0, 0.1) is 0 Å². The van der Waals surface area contributed by atoms with Gasteiger partial charge in [0.25, 0.3) is 0 Å². The summed E-state index contributed by atoms with van der Waals surface area (Å²) < 4.78 is 13.6. The molecule has 0 amide bonds. The first kappa shape index (κ1) is 50.8. The molecule has 0 atom stereocenters. The molecule has 0 saturated heterocycles. The predicted molar refractivity (Wildman–Crippen MR) is 361 cm³/mol. The number of benzene rings is 12. The number of nitrogens with zero attached hydrogens (tertiary/aromatic N) is 8. The zero-order chi connectivity index (χ0) is 58.1. The second kappa shape index (κ2) is 21.1. The Labute approximate surface area is 508 Å². The van der Waals surface area contributed by atoms with E-state index in [1.54, 1.807) is 0 Å². The predicted octanol–water partition coefficient (Wildman–Crippen LogP) is 20.2. The van der Waals surface area contributed by atoms with Crippen molar-refractivity contribution in [2.45, 2.75) is 0 Å². The Morgan fingerprint density at radius 3 is 1.09 bits per heavy atom. The van der Waals surface area contributed by atoms with Crippen molar-refractivity contribution in [3.63, 3.8) is 0 Å². The maximum absolute atomic E-state index is 6.26.